The maximum atomic E-state index is 3.75. The highest BCUT2D eigenvalue weighted by Gasteiger charge is 2.66. The maximum absolute atomic E-state index is 3.75. The molecule has 4 rings (SSSR count). The summed E-state index contributed by atoms with van der Waals surface area (Å²) in [5.74, 6) is 2.65. The van der Waals surface area contributed by atoms with Gasteiger partial charge in [-0.2, -0.15) is 0 Å². The second-order valence-electron chi connectivity index (χ2n) is 8.12. The average molecular weight is 235 g/mol. The van der Waals surface area contributed by atoms with Crippen molar-refractivity contribution in [2.45, 2.75) is 65.3 Å². The Kier molecular flexibility index (Phi) is 2.32. The molecule has 0 spiro atoms. The second-order valence-corrected chi connectivity index (χ2v) is 8.12. The largest absolute Gasteiger partial charge is 0.314 e. The summed E-state index contributed by atoms with van der Waals surface area (Å²) in [5, 5.41) is 3.75. The Morgan fingerprint density at radius 1 is 1.00 bits per heavy atom. The summed E-state index contributed by atoms with van der Waals surface area (Å²) in [5.41, 5.74) is 1.79. The Morgan fingerprint density at radius 3 is 1.88 bits per heavy atom. The van der Waals surface area contributed by atoms with E-state index < -0.39 is 0 Å². The van der Waals surface area contributed by atoms with Gasteiger partial charge in [0.1, 0.15) is 0 Å². The van der Waals surface area contributed by atoms with Crippen LogP contribution in [0, 0.1) is 28.6 Å². The van der Waals surface area contributed by atoms with E-state index in [9.17, 15) is 0 Å². The molecular weight excluding hydrogens is 206 g/mol. The van der Waals surface area contributed by atoms with E-state index in [4.69, 9.17) is 0 Å². The number of fused-ring (bicyclic) bond motifs is 1. The van der Waals surface area contributed by atoms with Crippen LogP contribution >= 0.6 is 0 Å². The van der Waals surface area contributed by atoms with Crippen molar-refractivity contribution in [3.05, 3.63) is 0 Å². The molecule has 2 unspecified atom stereocenters. The molecule has 4 aliphatic rings. The van der Waals surface area contributed by atoms with Gasteiger partial charge in [0.2, 0.25) is 0 Å². The summed E-state index contributed by atoms with van der Waals surface area (Å²) in [7, 11) is 2.20. The highest BCUT2D eigenvalue weighted by atomic mass is 15.0. The first kappa shape index (κ1) is 12.0. The van der Waals surface area contributed by atoms with E-state index in [2.05, 4.69) is 40.1 Å². The van der Waals surface area contributed by atoms with Crippen LogP contribution in [0.4, 0.5) is 0 Å². The Morgan fingerprint density at radius 2 is 1.53 bits per heavy atom. The minimum absolute atomic E-state index is 0.439. The molecule has 0 aliphatic heterocycles. The third-order valence-electron chi connectivity index (χ3n) is 7.14. The molecule has 0 aromatic rings. The Bertz CT molecular complexity index is 316. The van der Waals surface area contributed by atoms with Gasteiger partial charge in [-0.05, 0) is 67.7 Å². The van der Waals surface area contributed by atoms with Crippen molar-refractivity contribution in [3.63, 3.8) is 0 Å². The van der Waals surface area contributed by atoms with Crippen molar-refractivity contribution in [2.75, 3.05) is 7.05 Å². The van der Waals surface area contributed by atoms with Gasteiger partial charge >= 0.3 is 0 Å². The molecule has 1 nitrogen and oxygen atoms in total. The van der Waals surface area contributed by atoms with Crippen molar-refractivity contribution in [1.29, 1.82) is 0 Å². The summed E-state index contributed by atoms with van der Waals surface area (Å²) >= 11 is 0. The molecule has 0 aromatic carbocycles. The molecule has 4 saturated carbocycles. The van der Waals surface area contributed by atoms with Crippen LogP contribution < -0.4 is 5.32 Å². The Hall–Kier alpha value is -0.0400. The van der Waals surface area contributed by atoms with Crippen molar-refractivity contribution in [1.82, 2.24) is 5.32 Å². The molecule has 1 N–H and O–H groups in total. The van der Waals surface area contributed by atoms with Crippen LogP contribution in [-0.4, -0.2) is 12.6 Å². The Labute approximate surface area is 107 Å². The fourth-order valence-corrected chi connectivity index (χ4v) is 6.11. The highest BCUT2D eigenvalue weighted by molar-refractivity contribution is 5.18. The van der Waals surface area contributed by atoms with Gasteiger partial charge in [-0.15, -0.1) is 0 Å². The van der Waals surface area contributed by atoms with E-state index in [0.29, 0.717) is 16.4 Å². The molecule has 0 aromatic heterocycles. The molecule has 1 heteroatoms. The van der Waals surface area contributed by atoms with E-state index in [1.807, 2.05) is 0 Å². The van der Waals surface area contributed by atoms with Crippen molar-refractivity contribution in [3.8, 4) is 0 Å². The molecule has 4 bridgehead atoms. The van der Waals surface area contributed by atoms with Crippen LogP contribution in [0.2, 0.25) is 0 Å². The van der Waals surface area contributed by atoms with Crippen molar-refractivity contribution < 1.29 is 0 Å². The SMILES string of the molecule is CN[C@]1(C(C)C)CC2[C@@]3(C)CC[C@]2(C)CC1C3. The Balaban J connectivity index is 2.00. The molecule has 0 heterocycles. The molecule has 0 saturated heterocycles. The summed E-state index contributed by atoms with van der Waals surface area (Å²) in [6, 6.07) is 0. The summed E-state index contributed by atoms with van der Waals surface area (Å²) in [6.07, 6.45) is 7.36. The monoisotopic (exact) mass is 235 g/mol. The number of hydrogen-bond acceptors (Lipinski definition) is 1. The smallest absolute Gasteiger partial charge is 0.0233 e. The van der Waals surface area contributed by atoms with E-state index in [0.717, 1.165) is 17.8 Å². The second kappa shape index (κ2) is 3.29. The summed E-state index contributed by atoms with van der Waals surface area (Å²) in [4.78, 5) is 0. The zero-order valence-corrected chi connectivity index (χ0v) is 12.3. The standard InChI is InChI=1S/C16H29N/c1-11(2)16(17-5)10-13-14(3)6-7-15(13,4)9-12(16)8-14/h11-13,17H,6-10H2,1-5H3/t12?,13?,14-,15+,16-/m0/s1. The van der Waals surface area contributed by atoms with E-state index in [1.54, 1.807) is 0 Å². The van der Waals surface area contributed by atoms with Gasteiger partial charge in [0.05, 0.1) is 0 Å². The van der Waals surface area contributed by atoms with Gasteiger partial charge < -0.3 is 5.32 Å². The summed E-state index contributed by atoms with van der Waals surface area (Å²) < 4.78 is 0. The van der Waals surface area contributed by atoms with Crippen LogP contribution in [0.5, 0.6) is 0 Å². The van der Waals surface area contributed by atoms with Crippen LogP contribution in [0.15, 0.2) is 0 Å². The third-order valence-corrected chi connectivity index (χ3v) is 7.14. The first-order valence-electron chi connectivity index (χ1n) is 7.55. The fraction of sp³-hybridized carbons (Fsp3) is 1.00. The topological polar surface area (TPSA) is 12.0 Å². The van der Waals surface area contributed by atoms with Crippen LogP contribution in [0.3, 0.4) is 0 Å². The van der Waals surface area contributed by atoms with Crippen LogP contribution in [-0.2, 0) is 0 Å². The number of rotatable bonds is 2. The zero-order chi connectivity index (χ0) is 12.5. The molecular formula is C16H29N. The lowest BCUT2D eigenvalue weighted by atomic mass is 9.45. The lowest BCUT2D eigenvalue weighted by molar-refractivity contribution is -0.109. The lowest BCUT2D eigenvalue weighted by Crippen LogP contribution is -2.65. The molecule has 98 valence electrons. The van der Waals surface area contributed by atoms with Gasteiger partial charge in [0.25, 0.3) is 0 Å². The van der Waals surface area contributed by atoms with Gasteiger partial charge in [0.15, 0.2) is 0 Å². The van der Waals surface area contributed by atoms with Gasteiger partial charge in [0, 0.05) is 5.54 Å². The minimum Gasteiger partial charge on any atom is -0.314 e. The molecule has 17 heavy (non-hydrogen) atoms. The first-order chi connectivity index (χ1) is 7.86. The molecule has 4 fully saturated rings. The summed E-state index contributed by atoms with van der Waals surface area (Å²) in [6.45, 7) is 10.00. The quantitative estimate of drug-likeness (QED) is 0.767. The fourth-order valence-electron chi connectivity index (χ4n) is 6.11. The lowest BCUT2D eigenvalue weighted by Gasteiger charge is -2.63. The predicted molar refractivity (Wildman–Crippen MR) is 72.9 cm³/mol. The van der Waals surface area contributed by atoms with E-state index >= 15 is 0 Å². The van der Waals surface area contributed by atoms with E-state index in [-0.39, 0.29) is 0 Å². The van der Waals surface area contributed by atoms with Crippen molar-refractivity contribution >= 4 is 0 Å². The first-order valence-corrected chi connectivity index (χ1v) is 7.55. The highest BCUT2D eigenvalue weighted by Crippen LogP contribution is 2.71. The zero-order valence-electron chi connectivity index (χ0n) is 12.3. The molecule has 4 aliphatic carbocycles. The van der Waals surface area contributed by atoms with Crippen molar-refractivity contribution in [2.24, 2.45) is 28.6 Å². The van der Waals surface area contributed by atoms with Gasteiger partial charge in [-0.1, -0.05) is 27.7 Å². The molecule has 5 atom stereocenters. The average Bonchev–Trinajstić information content (AvgIpc) is 2.42. The van der Waals surface area contributed by atoms with E-state index in [1.165, 1.54) is 32.1 Å². The predicted octanol–water partition coefficient (Wildman–Crippen LogP) is 3.84. The number of nitrogens with one attached hydrogen (secondary N) is 1. The maximum Gasteiger partial charge on any atom is 0.0233 e. The van der Waals surface area contributed by atoms with Gasteiger partial charge in [-0.3, -0.25) is 0 Å². The normalized spacial score (nSPS) is 56.8. The number of hydrogen-bond donors (Lipinski definition) is 1. The third kappa shape index (κ3) is 1.30. The molecule has 0 radical (unpaired) electrons. The molecule has 0 amide bonds. The van der Waals surface area contributed by atoms with Crippen LogP contribution in [0.25, 0.3) is 0 Å². The van der Waals surface area contributed by atoms with Crippen LogP contribution in [0.1, 0.15) is 59.8 Å². The minimum atomic E-state index is 0.439. The van der Waals surface area contributed by atoms with Gasteiger partial charge in [-0.25, -0.2) is 0 Å².